The van der Waals surface area contributed by atoms with Gasteiger partial charge in [0.2, 0.25) is 5.92 Å². The van der Waals surface area contributed by atoms with Gasteiger partial charge in [-0.1, -0.05) is 0 Å². The topological polar surface area (TPSA) is 26.0 Å². The molecule has 0 heterocycles. The molecule has 72 valence electrons. The summed E-state index contributed by atoms with van der Waals surface area (Å²) in [6, 6.07) is 0. The Morgan fingerprint density at radius 3 is 2.08 bits per heavy atom. The van der Waals surface area contributed by atoms with Crippen molar-refractivity contribution >= 4 is 0 Å². The zero-order chi connectivity index (χ0) is 9.57. The molecule has 0 amide bonds. The summed E-state index contributed by atoms with van der Waals surface area (Å²) in [5, 5.41) is 0. The zero-order valence-electron chi connectivity index (χ0n) is 6.66. The van der Waals surface area contributed by atoms with Crippen LogP contribution in [-0.4, -0.2) is 17.9 Å². The van der Waals surface area contributed by atoms with Gasteiger partial charge in [-0.05, 0) is 12.8 Å². The lowest BCUT2D eigenvalue weighted by Gasteiger charge is -2.44. The molecule has 0 aromatic heterocycles. The van der Waals surface area contributed by atoms with E-state index in [0.717, 1.165) is 6.92 Å². The average molecular weight is 185 g/mol. The van der Waals surface area contributed by atoms with Gasteiger partial charge in [0.1, 0.15) is 0 Å². The molecule has 5 heteroatoms. The molecule has 0 saturated heterocycles. The maximum absolute atomic E-state index is 12.3. The van der Waals surface area contributed by atoms with Gasteiger partial charge in [-0.25, -0.2) is 17.6 Å². The molecular weight excluding hydrogens is 174 g/mol. The zero-order valence-corrected chi connectivity index (χ0v) is 6.66. The third-order valence-corrected chi connectivity index (χ3v) is 2.44. The van der Waals surface area contributed by atoms with Crippen molar-refractivity contribution < 1.29 is 17.6 Å². The molecule has 0 aromatic carbocycles. The summed E-state index contributed by atoms with van der Waals surface area (Å²) < 4.78 is 48.9. The monoisotopic (exact) mass is 185 g/mol. The fraction of sp³-hybridized carbons (Fsp3) is 1.00. The van der Waals surface area contributed by atoms with E-state index in [-0.39, 0.29) is 0 Å². The SMILES string of the molecule is CC(N)(C(F)F)C1CC(F)(F)C1. The van der Waals surface area contributed by atoms with Crippen LogP contribution in [0.15, 0.2) is 0 Å². The van der Waals surface area contributed by atoms with E-state index in [1.807, 2.05) is 0 Å². The maximum atomic E-state index is 12.3. The highest BCUT2D eigenvalue weighted by Gasteiger charge is 2.54. The van der Waals surface area contributed by atoms with Crippen LogP contribution >= 0.6 is 0 Å². The number of alkyl halides is 4. The number of hydrogen-bond acceptors (Lipinski definition) is 1. The van der Waals surface area contributed by atoms with Crippen molar-refractivity contribution in [1.82, 2.24) is 0 Å². The van der Waals surface area contributed by atoms with Crippen LogP contribution in [0.1, 0.15) is 19.8 Å². The molecule has 1 rings (SSSR count). The molecule has 0 bridgehead atoms. The molecule has 1 aliphatic carbocycles. The van der Waals surface area contributed by atoms with E-state index in [2.05, 4.69) is 0 Å². The predicted molar refractivity (Wildman–Crippen MR) is 36.3 cm³/mol. The van der Waals surface area contributed by atoms with E-state index in [4.69, 9.17) is 5.73 Å². The molecule has 0 aliphatic heterocycles. The van der Waals surface area contributed by atoms with Crippen LogP contribution in [0, 0.1) is 5.92 Å². The lowest BCUT2D eigenvalue weighted by atomic mass is 9.70. The Kier molecular flexibility index (Phi) is 2.10. The van der Waals surface area contributed by atoms with E-state index < -0.39 is 36.6 Å². The summed E-state index contributed by atoms with van der Waals surface area (Å²) in [4.78, 5) is 0. The molecule has 12 heavy (non-hydrogen) atoms. The van der Waals surface area contributed by atoms with Gasteiger partial charge in [-0.3, -0.25) is 0 Å². The average Bonchev–Trinajstić information content (AvgIpc) is 1.82. The molecule has 0 aromatic rings. The van der Waals surface area contributed by atoms with Crippen molar-refractivity contribution in [2.24, 2.45) is 11.7 Å². The van der Waals surface area contributed by atoms with E-state index in [0.29, 0.717) is 0 Å². The molecule has 0 radical (unpaired) electrons. The first-order valence-electron chi connectivity index (χ1n) is 3.70. The number of halogens is 4. The smallest absolute Gasteiger partial charge is 0.256 e. The predicted octanol–water partition coefficient (Wildman–Crippen LogP) is 2.01. The first-order valence-corrected chi connectivity index (χ1v) is 3.70. The molecule has 1 atom stereocenters. The Morgan fingerprint density at radius 1 is 1.42 bits per heavy atom. The Balaban J connectivity index is 2.52. The van der Waals surface area contributed by atoms with E-state index in [1.54, 1.807) is 0 Å². The van der Waals surface area contributed by atoms with Crippen molar-refractivity contribution in [3.05, 3.63) is 0 Å². The third kappa shape index (κ3) is 1.55. The van der Waals surface area contributed by atoms with Crippen LogP contribution in [0.5, 0.6) is 0 Å². The second-order valence-electron chi connectivity index (χ2n) is 3.63. The fourth-order valence-electron chi connectivity index (χ4n) is 1.28. The molecule has 1 fully saturated rings. The number of nitrogens with two attached hydrogens (primary N) is 1. The van der Waals surface area contributed by atoms with Crippen LogP contribution in [0.2, 0.25) is 0 Å². The summed E-state index contributed by atoms with van der Waals surface area (Å²) in [6.07, 6.45) is -3.76. The van der Waals surface area contributed by atoms with Crippen molar-refractivity contribution in [1.29, 1.82) is 0 Å². The van der Waals surface area contributed by atoms with E-state index in [9.17, 15) is 17.6 Å². The first-order chi connectivity index (χ1) is 5.26. The number of hydrogen-bond donors (Lipinski definition) is 1. The third-order valence-electron chi connectivity index (χ3n) is 2.44. The molecule has 1 aliphatic rings. The molecule has 1 unspecified atom stereocenters. The normalized spacial score (nSPS) is 28.2. The minimum absolute atomic E-state index is 0.510. The highest BCUT2D eigenvalue weighted by Crippen LogP contribution is 2.48. The molecule has 0 spiro atoms. The van der Waals surface area contributed by atoms with Gasteiger partial charge in [0, 0.05) is 12.8 Å². The van der Waals surface area contributed by atoms with Crippen LogP contribution in [0.4, 0.5) is 17.6 Å². The minimum atomic E-state index is -2.78. The van der Waals surface area contributed by atoms with Gasteiger partial charge in [0.25, 0.3) is 6.43 Å². The summed E-state index contributed by atoms with van der Waals surface area (Å²) in [5.41, 5.74) is 3.44. The Bertz CT molecular complexity index is 170. The van der Waals surface area contributed by atoms with E-state index >= 15 is 0 Å². The van der Waals surface area contributed by atoms with Crippen LogP contribution in [0.3, 0.4) is 0 Å². The van der Waals surface area contributed by atoms with Gasteiger partial charge < -0.3 is 5.73 Å². The maximum Gasteiger partial charge on any atom is 0.256 e. The largest absolute Gasteiger partial charge is 0.320 e. The Hall–Kier alpha value is -0.320. The standard InChI is InChI=1S/C7H11F4N/c1-6(12,5(8)9)4-2-7(10,11)3-4/h4-5H,2-3,12H2,1H3. The molecule has 1 nitrogen and oxygen atoms in total. The quantitative estimate of drug-likeness (QED) is 0.654. The molecule has 2 N–H and O–H groups in total. The van der Waals surface area contributed by atoms with Crippen LogP contribution < -0.4 is 5.73 Å². The second kappa shape index (κ2) is 2.58. The summed E-state index contributed by atoms with van der Waals surface area (Å²) in [6.45, 7) is 1.12. The van der Waals surface area contributed by atoms with Crippen molar-refractivity contribution in [2.45, 2.75) is 37.7 Å². The van der Waals surface area contributed by atoms with Crippen LogP contribution in [-0.2, 0) is 0 Å². The van der Waals surface area contributed by atoms with Gasteiger partial charge >= 0.3 is 0 Å². The Labute approximate surface area is 67.9 Å². The van der Waals surface area contributed by atoms with Crippen molar-refractivity contribution in [2.75, 3.05) is 0 Å². The lowest BCUT2D eigenvalue weighted by molar-refractivity contribution is -0.147. The minimum Gasteiger partial charge on any atom is -0.320 e. The van der Waals surface area contributed by atoms with Crippen molar-refractivity contribution in [3.63, 3.8) is 0 Å². The summed E-state index contributed by atoms with van der Waals surface area (Å²) in [5.74, 6) is -3.53. The Morgan fingerprint density at radius 2 is 1.83 bits per heavy atom. The highest BCUT2D eigenvalue weighted by atomic mass is 19.3. The van der Waals surface area contributed by atoms with Gasteiger partial charge in [-0.15, -0.1) is 0 Å². The van der Waals surface area contributed by atoms with Crippen molar-refractivity contribution in [3.8, 4) is 0 Å². The summed E-state index contributed by atoms with van der Waals surface area (Å²) in [7, 11) is 0. The fourth-order valence-corrected chi connectivity index (χ4v) is 1.28. The summed E-state index contributed by atoms with van der Waals surface area (Å²) >= 11 is 0. The van der Waals surface area contributed by atoms with Gasteiger partial charge in [0.05, 0.1) is 5.54 Å². The molecular formula is C7H11F4N. The van der Waals surface area contributed by atoms with Crippen LogP contribution in [0.25, 0.3) is 0 Å². The lowest BCUT2D eigenvalue weighted by Crippen LogP contribution is -2.58. The number of rotatable bonds is 2. The van der Waals surface area contributed by atoms with Gasteiger partial charge in [0.15, 0.2) is 0 Å². The molecule has 1 saturated carbocycles. The van der Waals surface area contributed by atoms with E-state index in [1.165, 1.54) is 0 Å². The first kappa shape index (κ1) is 9.77. The second-order valence-corrected chi connectivity index (χ2v) is 3.63. The van der Waals surface area contributed by atoms with Gasteiger partial charge in [-0.2, -0.15) is 0 Å². The highest BCUT2D eigenvalue weighted by molar-refractivity contribution is 5.00.